The summed E-state index contributed by atoms with van der Waals surface area (Å²) < 4.78 is 23.6. The third-order valence-corrected chi connectivity index (χ3v) is 4.68. The van der Waals surface area contributed by atoms with Gasteiger partial charge in [0.25, 0.3) is 0 Å². The first-order chi connectivity index (χ1) is 12.0. The van der Waals surface area contributed by atoms with E-state index in [1.807, 2.05) is 44.2 Å². The lowest BCUT2D eigenvalue weighted by Gasteiger charge is -2.23. The molecule has 5 heteroatoms. The van der Waals surface area contributed by atoms with Gasteiger partial charge in [0.2, 0.25) is 0 Å². The van der Waals surface area contributed by atoms with Crippen molar-refractivity contribution in [1.29, 1.82) is 0 Å². The smallest absolute Gasteiger partial charge is 0.163 e. The zero-order valence-corrected chi connectivity index (χ0v) is 15.0. The van der Waals surface area contributed by atoms with E-state index in [1.54, 1.807) is 6.08 Å². The number of aliphatic hydroxyl groups excluding tert-OH is 1. The van der Waals surface area contributed by atoms with Crippen LogP contribution in [0.2, 0.25) is 0 Å². The van der Waals surface area contributed by atoms with Crippen LogP contribution in [-0.4, -0.2) is 48.0 Å². The molecule has 0 amide bonds. The third-order valence-electron chi connectivity index (χ3n) is 4.68. The zero-order chi connectivity index (χ0) is 17.9. The molecule has 5 nitrogen and oxygen atoms in total. The second-order valence-corrected chi connectivity index (χ2v) is 7.18. The van der Waals surface area contributed by atoms with Crippen LogP contribution < -0.4 is 0 Å². The van der Waals surface area contributed by atoms with Crippen molar-refractivity contribution in [2.45, 2.75) is 69.6 Å². The molecular formula is C20H28O5. The van der Waals surface area contributed by atoms with Crippen LogP contribution >= 0.6 is 0 Å². The van der Waals surface area contributed by atoms with Crippen molar-refractivity contribution >= 4 is 0 Å². The molecule has 2 fully saturated rings. The van der Waals surface area contributed by atoms with Gasteiger partial charge in [-0.3, -0.25) is 0 Å². The topological polar surface area (TPSA) is 57.2 Å². The molecule has 1 aromatic rings. The van der Waals surface area contributed by atoms with Crippen LogP contribution in [0.4, 0.5) is 0 Å². The number of hydrogen-bond acceptors (Lipinski definition) is 5. The Labute approximate surface area is 149 Å². The van der Waals surface area contributed by atoms with E-state index in [2.05, 4.69) is 6.58 Å². The van der Waals surface area contributed by atoms with Gasteiger partial charge in [0.05, 0.1) is 31.5 Å². The summed E-state index contributed by atoms with van der Waals surface area (Å²) in [5.74, 6) is -0.567. The minimum atomic E-state index is -0.679. The Balaban J connectivity index is 1.64. The van der Waals surface area contributed by atoms with E-state index in [1.165, 1.54) is 0 Å². The van der Waals surface area contributed by atoms with Gasteiger partial charge in [-0.25, -0.2) is 0 Å². The molecular weight excluding hydrogens is 320 g/mol. The Kier molecular flexibility index (Phi) is 5.92. The molecule has 0 bridgehead atoms. The van der Waals surface area contributed by atoms with Crippen LogP contribution in [-0.2, 0) is 25.6 Å². The normalized spacial score (nSPS) is 34.3. The Morgan fingerprint density at radius 3 is 2.68 bits per heavy atom. The number of benzene rings is 1. The first-order valence-corrected chi connectivity index (χ1v) is 8.90. The van der Waals surface area contributed by atoms with Gasteiger partial charge >= 0.3 is 0 Å². The van der Waals surface area contributed by atoms with E-state index in [-0.39, 0.29) is 18.3 Å². The maximum atomic E-state index is 10.6. The predicted molar refractivity (Wildman–Crippen MR) is 94.0 cm³/mol. The molecule has 0 aromatic heterocycles. The molecule has 5 atom stereocenters. The van der Waals surface area contributed by atoms with Crippen LogP contribution in [0.5, 0.6) is 0 Å². The van der Waals surface area contributed by atoms with E-state index in [0.717, 1.165) is 5.56 Å². The Morgan fingerprint density at radius 2 is 2.04 bits per heavy atom. The average molecular weight is 348 g/mol. The lowest BCUT2D eigenvalue weighted by atomic mass is 10.0. The fourth-order valence-corrected chi connectivity index (χ4v) is 3.47. The van der Waals surface area contributed by atoms with Gasteiger partial charge in [-0.05, 0) is 25.8 Å². The summed E-state index contributed by atoms with van der Waals surface area (Å²) in [7, 11) is 0. The Morgan fingerprint density at radius 1 is 1.28 bits per heavy atom. The molecule has 0 spiro atoms. The first-order valence-electron chi connectivity index (χ1n) is 8.90. The molecule has 2 aliphatic rings. The Hall–Kier alpha value is -1.24. The number of ether oxygens (including phenoxy) is 4. The van der Waals surface area contributed by atoms with Crippen LogP contribution in [0.25, 0.3) is 0 Å². The van der Waals surface area contributed by atoms with Crippen molar-refractivity contribution in [3.05, 3.63) is 48.6 Å². The van der Waals surface area contributed by atoms with Crippen LogP contribution in [0.1, 0.15) is 32.3 Å². The van der Waals surface area contributed by atoms with E-state index in [9.17, 15) is 5.11 Å². The molecule has 1 N–H and O–H groups in total. The molecule has 2 aliphatic heterocycles. The highest BCUT2D eigenvalue weighted by Gasteiger charge is 2.46. The van der Waals surface area contributed by atoms with E-state index in [0.29, 0.717) is 26.1 Å². The third kappa shape index (κ3) is 4.68. The van der Waals surface area contributed by atoms with E-state index in [4.69, 9.17) is 18.9 Å². The van der Waals surface area contributed by atoms with Gasteiger partial charge in [-0.1, -0.05) is 36.4 Å². The van der Waals surface area contributed by atoms with Crippen molar-refractivity contribution in [1.82, 2.24) is 0 Å². The fourth-order valence-electron chi connectivity index (χ4n) is 3.47. The molecule has 2 heterocycles. The highest BCUT2D eigenvalue weighted by atomic mass is 16.7. The van der Waals surface area contributed by atoms with Crippen molar-refractivity contribution in [2.75, 3.05) is 6.61 Å². The highest BCUT2D eigenvalue weighted by Crippen LogP contribution is 2.33. The van der Waals surface area contributed by atoms with Gasteiger partial charge < -0.3 is 24.1 Å². The van der Waals surface area contributed by atoms with Gasteiger partial charge in [0.15, 0.2) is 5.79 Å². The average Bonchev–Trinajstić information content (AvgIpc) is 3.07. The lowest BCUT2D eigenvalue weighted by Crippen LogP contribution is -2.37. The molecule has 2 unspecified atom stereocenters. The second-order valence-electron chi connectivity index (χ2n) is 7.18. The summed E-state index contributed by atoms with van der Waals surface area (Å²) in [6.45, 7) is 8.53. The lowest BCUT2D eigenvalue weighted by molar-refractivity contribution is -0.145. The SMILES string of the molecule is C=CCC1OC(C[C@@H]2COC(C)(C)O2)[C@H](OCc2ccccc2)[C@H]1O. The summed E-state index contributed by atoms with van der Waals surface area (Å²) in [5.41, 5.74) is 1.07. The van der Waals surface area contributed by atoms with Gasteiger partial charge in [-0.2, -0.15) is 0 Å². The summed E-state index contributed by atoms with van der Waals surface area (Å²) in [5, 5.41) is 10.6. The standard InChI is InChI=1S/C20H28O5/c1-4-8-16-18(21)19(22-12-14-9-6-5-7-10-14)17(24-16)11-15-13-23-20(2,3)25-15/h4-7,9-10,15-19,21H,1,8,11-13H2,2-3H3/t15-,16?,17?,18+,19+/m1/s1. The summed E-state index contributed by atoms with van der Waals surface area (Å²) in [6.07, 6.45) is 1.34. The quantitative estimate of drug-likeness (QED) is 0.768. The summed E-state index contributed by atoms with van der Waals surface area (Å²) in [6, 6.07) is 9.94. The van der Waals surface area contributed by atoms with E-state index >= 15 is 0 Å². The molecule has 0 radical (unpaired) electrons. The van der Waals surface area contributed by atoms with Gasteiger partial charge in [0, 0.05) is 6.42 Å². The first kappa shape index (κ1) is 18.5. The van der Waals surface area contributed by atoms with Crippen LogP contribution in [0, 0.1) is 0 Å². The minimum absolute atomic E-state index is 0.0579. The summed E-state index contributed by atoms with van der Waals surface area (Å²) >= 11 is 0. The summed E-state index contributed by atoms with van der Waals surface area (Å²) in [4.78, 5) is 0. The second kappa shape index (κ2) is 7.98. The van der Waals surface area contributed by atoms with Crippen LogP contribution in [0.15, 0.2) is 43.0 Å². The fraction of sp³-hybridized carbons (Fsp3) is 0.600. The number of aliphatic hydroxyl groups is 1. The van der Waals surface area contributed by atoms with Gasteiger partial charge in [-0.15, -0.1) is 6.58 Å². The van der Waals surface area contributed by atoms with Gasteiger partial charge in [0.1, 0.15) is 12.2 Å². The predicted octanol–water partition coefficient (Wildman–Crippen LogP) is 2.82. The van der Waals surface area contributed by atoms with Crippen molar-refractivity contribution in [3.63, 3.8) is 0 Å². The molecule has 3 rings (SSSR count). The minimum Gasteiger partial charge on any atom is -0.388 e. The monoisotopic (exact) mass is 348 g/mol. The van der Waals surface area contributed by atoms with Crippen molar-refractivity contribution < 1.29 is 24.1 Å². The maximum Gasteiger partial charge on any atom is 0.163 e. The largest absolute Gasteiger partial charge is 0.388 e. The molecule has 2 saturated heterocycles. The molecule has 0 aliphatic carbocycles. The molecule has 1 aromatic carbocycles. The van der Waals surface area contributed by atoms with Crippen molar-refractivity contribution in [3.8, 4) is 0 Å². The molecule has 138 valence electrons. The maximum absolute atomic E-state index is 10.6. The molecule has 0 saturated carbocycles. The number of hydrogen-bond donors (Lipinski definition) is 1. The van der Waals surface area contributed by atoms with Crippen molar-refractivity contribution in [2.24, 2.45) is 0 Å². The highest BCUT2D eigenvalue weighted by molar-refractivity contribution is 5.13. The van der Waals surface area contributed by atoms with E-state index < -0.39 is 18.0 Å². The zero-order valence-electron chi connectivity index (χ0n) is 15.0. The Bertz CT molecular complexity index is 558. The molecule has 25 heavy (non-hydrogen) atoms. The van der Waals surface area contributed by atoms with Crippen LogP contribution in [0.3, 0.4) is 0 Å². The number of rotatable bonds is 7.